The molecule has 4 heteroatoms. The van der Waals surface area contributed by atoms with Crippen LogP contribution >= 0.6 is 11.5 Å². The van der Waals surface area contributed by atoms with Gasteiger partial charge in [0.2, 0.25) is 0 Å². The van der Waals surface area contributed by atoms with Crippen LogP contribution in [0.5, 0.6) is 0 Å². The number of ether oxygens (including phenoxy) is 1. The molecule has 0 amide bonds. The first-order valence-corrected chi connectivity index (χ1v) is 5.81. The Morgan fingerprint density at radius 1 is 1.38 bits per heavy atom. The Morgan fingerprint density at radius 3 is 2.81 bits per heavy atom. The first kappa shape index (κ1) is 11.1. The van der Waals surface area contributed by atoms with Gasteiger partial charge in [0.05, 0.1) is 10.3 Å². The second kappa shape index (κ2) is 3.87. The summed E-state index contributed by atoms with van der Waals surface area (Å²) >= 11 is 1.42. The smallest absolute Gasteiger partial charge is 0.338 e. The lowest BCUT2D eigenvalue weighted by atomic mass is 10.1. The second-order valence-corrected chi connectivity index (χ2v) is 5.41. The van der Waals surface area contributed by atoms with E-state index in [0.29, 0.717) is 5.56 Å². The van der Waals surface area contributed by atoms with Gasteiger partial charge in [0.25, 0.3) is 0 Å². The van der Waals surface area contributed by atoms with Gasteiger partial charge in [-0.2, -0.15) is 4.37 Å². The number of carbonyl (C=O) groups excluding carboxylic acids is 1. The number of fused-ring (bicyclic) bond motifs is 1. The van der Waals surface area contributed by atoms with Gasteiger partial charge in [0, 0.05) is 11.6 Å². The van der Waals surface area contributed by atoms with Crippen LogP contribution < -0.4 is 0 Å². The summed E-state index contributed by atoms with van der Waals surface area (Å²) in [6.07, 6.45) is 1.76. The Kier molecular flexibility index (Phi) is 2.68. The van der Waals surface area contributed by atoms with Gasteiger partial charge in [-0.3, -0.25) is 0 Å². The summed E-state index contributed by atoms with van der Waals surface area (Å²) in [5, 5.41) is 0.980. The molecule has 0 bridgehead atoms. The summed E-state index contributed by atoms with van der Waals surface area (Å²) in [5.74, 6) is -0.291. The molecular weight excluding hydrogens is 222 g/mol. The van der Waals surface area contributed by atoms with Crippen molar-refractivity contribution >= 4 is 27.6 Å². The lowest BCUT2D eigenvalue weighted by Crippen LogP contribution is -2.23. The van der Waals surface area contributed by atoms with Gasteiger partial charge in [0.1, 0.15) is 5.60 Å². The first-order valence-electron chi connectivity index (χ1n) is 5.03. The molecule has 84 valence electrons. The molecule has 2 aromatic rings. The topological polar surface area (TPSA) is 39.2 Å². The normalized spacial score (nSPS) is 11.7. The van der Waals surface area contributed by atoms with E-state index in [1.807, 2.05) is 32.9 Å². The van der Waals surface area contributed by atoms with E-state index in [4.69, 9.17) is 4.74 Å². The van der Waals surface area contributed by atoms with Crippen molar-refractivity contribution in [1.29, 1.82) is 0 Å². The van der Waals surface area contributed by atoms with E-state index in [1.165, 1.54) is 11.5 Å². The van der Waals surface area contributed by atoms with E-state index in [2.05, 4.69) is 4.37 Å². The minimum absolute atomic E-state index is 0.291. The average Bonchev–Trinajstić information content (AvgIpc) is 2.61. The van der Waals surface area contributed by atoms with Gasteiger partial charge in [0.15, 0.2) is 0 Å². The molecule has 0 unspecified atom stereocenters. The average molecular weight is 235 g/mol. The second-order valence-electron chi connectivity index (χ2n) is 4.58. The Hall–Kier alpha value is -1.42. The molecule has 0 N–H and O–H groups in total. The van der Waals surface area contributed by atoms with Crippen molar-refractivity contribution in [3.05, 3.63) is 30.0 Å². The van der Waals surface area contributed by atoms with Gasteiger partial charge in [-0.1, -0.05) is 0 Å². The van der Waals surface area contributed by atoms with E-state index >= 15 is 0 Å². The Bertz CT molecular complexity index is 525. The molecule has 0 saturated heterocycles. The maximum atomic E-state index is 11.8. The molecule has 0 aliphatic rings. The van der Waals surface area contributed by atoms with E-state index < -0.39 is 5.60 Å². The van der Waals surface area contributed by atoms with Crippen LogP contribution in [0.2, 0.25) is 0 Å². The van der Waals surface area contributed by atoms with Crippen LogP contribution in [0.4, 0.5) is 0 Å². The first-order chi connectivity index (χ1) is 7.46. The maximum Gasteiger partial charge on any atom is 0.338 e. The number of esters is 1. The highest BCUT2D eigenvalue weighted by atomic mass is 32.1. The molecule has 0 spiro atoms. The molecule has 0 aliphatic heterocycles. The van der Waals surface area contributed by atoms with E-state index in [-0.39, 0.29) is 5.97 Å². The highest BCUT2D eigenvalue weighted by Gasteiger charge is 2.18. The molecule has 16 heavy (non-hydrogen) atoms. The summed E-state index contributed by atoms with van der Waals surface area (Å²) in [5.41, 5.74) is 0.112. The van der Waals surface area contributed by atoms with Gasteiger partial charge >= 0.3 is 5.97 Å². The summed E-state index contributed by atoms with van der Waals surface area (Å²) in [6, 6.07) is 5.48. The summed E-state index contributed by atoms with van der Waals surface area (Å²) in [4.78, 5) is 11.8. The maximum absolute atomic E-state index is 11.8. The minimum Gasteiger partial charge on any atom is -0.456 e. The summed E-state index contributed by atoms with van der Waals surface area (Å²) < 4.78 is 10.4. The van der Waals surface area contributed by atoms with E-state index in [9.17, 15) is 4.79 Å². The fourth-order valence-electron chi connectivity index (χ4n) is 1.34. The molecule has 0 radical (unpaired) electrons. The predicted molar refractivity (Wildman–Crippen MR) is 64.8 cm³/mol. The van der Waals surface area contributed by atoms with Crippen LogP contribution in [0.15, 0.2) is 24.4 Å². The Labute approximate surface area is 98.2 Å². The molecule has 1 aromatic heterocycles. The molecule has 1 aromatic carbocycles. The lowest BCUT2D eigenvalue weighted by Gasteiger charge is -2.19. The number of rotatable bonds is 1. The van der Waals surface area contributed by atoms with Crippen LogP contribution in [0.25, 0.3) is 10.1 Å². The molecule has 0 fully saturated rings. The zero-order chi connectivity index (χ0) is 11.8. The summed E-state index contributed by atoms with van der Waals surface area (Å²) in [7, 11) is 0. The van der Waals surface area contributed by atoms with Crippen LogP contribution in [0.3, 0.4) is 0 Å². The number of nitrogens with zero attached hydrogens (tertiary/aromatic N) is 1. The number of hydrogen-bond donors (Lipinski definition) is 0. The van der Waals surface area contributed by atoms with Crippen LogP contribution in [0.1, 0.15) is 31.1 Å². The van der Waals surface area contributed by atoms with Gasteiger partial charge in [-0.15, -0.1) is 0 Å². The lowest BCUT2D eigenvalue weighted by molar-refractivity contribution is 0.00697. The monoisotopic (exact) mass is 235 g/mol. The fourth-order valence-corrected chi connectivity index (χ4v) is 1.96. The predicted octanol–water partition coefficient (Wildman–Crippen LogP) is 3.25. The molecular formula is C12H13NO2S. The molecule has 3 nitrogen and oxygen atoms in total. The van der Waals surface area contributed by atoms with Crippen molar-refractivity contribution in [3.8, 4) is 0 Å². The number of carbonyl (C=O) groups is 1. The van der Waals surface area contributed by atoms with Crippen molar-refractivity contribution in [2.45, 2.75) is 26.4 Å². The highest BCUT2D eigenvalue weighted by molar-refractivity contribution is 7.13. The highest BCUT2D eigenvalue weighted by Crippen LogP contribution is 2.20. The molecule has 0 aliphatic carbocycles. The quantitative estimate of drug-likeness (QED) is 0.712. The Morgan fingerprint density at radius 2 is 2.12 bits per heavy atom. The Balaban J connectivity index is 2.29. The zero-order valence-electron chi connectivity index (χ0n) is 9.48. The molecule has 1 heterocycles. The van der Waals surface area contributed by atoms with Gasteiger partial charge in [-0.25, -0.2) is 4.79 Å². The van der Waals surface area contributed by atoms with Crippen LogP contribution in [-0.4, -0.2) is 15.9 Å². The number of hydrogen-bond acceptors (Lipinski definition) is 4. The zero-order valence-corrected chi connectivity index (χ0v) is 10.3. The number of benzene rings is 1. The van der Waals surface area contributed by atoms with Crippen LogP contribution in [-0.2, 0) is 4.74 Å². The van der Waals surface area contributed by atoms with E-state index in [0.717, 1.165) is 10.1 Å². The molecule has 0 saturated carbocycles. The third-order valence-corrected chi connectivity index (χ3v) is 2.77. The molecule has 2 rings (SSSR count). The van der Waals surface area contributed by atoms with E-state index in [1.54, 1.807) is 12.3 Å². The fraction of sp³-hybridized carbons (Fsp3) is 0.333. The van der Waals surface area contributed by atoms with Crippen LogP contribution in [0, 0.1) is 0 Å². The van der Waals surface area contributed by atoms with Crippen molar-refractivity contribution in [2.75, 3.05) is 0 Å². The minimum atomic E-state index is -0.459. The van der Waals surface area contributed by atoms with Crippen molar-refractivity contribution in [3.63, 3.8) is 0 Å². The summed E-state index contributed by atoms with van der Waals surface area (Å²) in [6.45, 7) is 5.57. The van der Waals surface area contributed by atoms with Crippen molar-refractivity contribution < 1.29 is 9.53 Å². The largest absolute Gasteiger partial charge is 0.456 e. The standard InChI is InChI=1S/C12H13NO2S/c1-12(2,3)15-11(14)8-4-5-10-9(6-8)7-13-16-10/h4-7H,1-3H3. The van der Waals surface area contributed by atoms with Crippen molar-refractivity contribution in [2.24, 2.45) is 0 Å². The van der Waals surface area contributed by atoms with Crippen molar-refractivity contribution in [1.82, 2.24) is 4.37 Å². The number of aromatic nitrogens is 1. The van der Waals surface area contributed by atoms with Gasteiger partial charge in [-0.05, 0) is 50.5 Å². The SMILES string of the molecule is CC(C)(C)OC(=O)c1ccc2sncc2c1. The third-order valence-electron chi connectivity index (χ3n) is 1.99. The van der Waals surface area contributed by atoms with Gasteiger partial charge < -0.3 is 4.74 Å². The third kappa shape index (κ3) is 2.39. The molecule has 0 atom stereocenters.